The van der Waals surface area contributed by atoms with Crippen LogP contribution in [0.2, 0.25) is 0 Å². The summed E-state index contributed by atoms with van der Waals surface area (Å²) in [7, 11) is 0. The molecule has 0 saturated carbocycles. The number of hydrogen-bond donors (Lipinski definition) is 3. The van der Waals surface area contributed by atoms with Crippen molar-refractivity contribution in [1.29, 1.82) is 0 Å². The largest absolute Gasteiger partial charge is 0.354 e. The molecule has 0 fully saturated rings. The summed E-state index contributed by atoms with van der Waals surface area (Å²) in [5, 5.41) is 9.39. The zero-order chi connectivity index (χ0) is 20.1. The SMILES string of the molecule is Cc1ccc(-c2ccc(C(=O)NCc3ccc(NC4=NCCN4)cc3)cc2)cc1. The minimum absolute atomic E-state index is 0.0767. The fraction of sp³-hybridized carbons (Fsp3) is 0.167. The Morgan fingerprint density at radius 2 is 1.59 bits per heavy atom. The lowest BCUT2D eigenvalue weighted by atomic mass is 10.0. The van der Waals surface area contributed by atoms with Gasteiger partial charge in [0.2, 0.25) is 0 Å². The fourth-order valence-corrected chi connectivity index (χ4v) is 3.17. The van der Waals surface area contributed by atoms with Gasteiger partial charge in [-0.2, -0.15) is 0 Å². The minimum atomic E-state index is -0.0767. The second-order valence-corrected chi connectivity index (χ2v) is 7.11. The molecule has 5 nitrogen and oxygen atoms in total. The Balaban J connectivity index is 1.32. The summed E-state index contributed by atoms with van der Waals surface area (Å²) in [4.78, 5) is 16.8. The predicted molar refractivity (Wildman–Crippen MR) is 118 cm³/mol. The zero-order valence-corrected chi connectivity index (χ0v) is 16.4. The van der Waals surface area contributed by atoms with Gasteiger partial charge in [-0.25, -0.2) is 0 Å². The van der Waals surface area contributed by atoms with Crippen LogP contribution in [0.25, 0.3) is 11.1 Å². The lowest BCUT2D eigenvalue weighted by Gasteiger charge is -2.09. The average molecular weight is 384 g/mol. The van der Waals surface area contributed by atoms with Gasteiger partial charge in [0, 0.05) is 24.3 Å². The number of carbonyl (C=O) groups is 1. The molecule has 29 heavy (non-hydrogen) atoms. The van der Waals surface area contributed by atoms with Gasteiger partial charge in [-0.15, -0.1) is 0 Å². The number of nitrogens with one attached hydrogen (secondary N) is 3. The predicted octanol–water partition coefficient (Wildman–Crippen LogP) is 3.96. The molecule has 4 rings (SSSR count). The summed E-state index contributed by atoms with van der Waals surface area (Å²) in [6, 6.07) is 24.1. The number of aliphatic imine (C=N–C) groups is 1. The van der Waals surface area contributed by atoms with Crippen molar-refractivity contribution >= 4 is 17.6 Å². The maximum absolute atomic E-state index is 12.5. The van der Waals surface area contributed by atoms with E-state index in [9.17, 15) is 4.79 Å². The van der Waals surface area contributed by atoms with Crippen molar-refractivity contribution in [3.8, 4) is 11.1 Å². The van der Waals surface area contributed by atoms with Gasteiger partial charge in [-0.3, -0.25) is 9.79 Å². The lowest BCUT2D eigenvalue weighted by molar-refractivity contribution is 0.0951. The van der Waals surface area contributed by atoms with Crippen molar-refractivity contribution in [2.24, 2.45) is 4.99 Å². The summed E-state index contributed by atoms with van der Waals surface area (Å²) >= 11 is 0. The van der Waals surface area contributed by atoms with Crippen molar-refractivity contribution < 1.29 is 4.79 Å². The van der Waals surface area contributed by atoms with Crippen molar-refractivity contribution in [2.45, 2.75) is 13.5 Å². The van der Waals surface area contributed by atoms with Gasteiger partial charge in [0.25, 0.3) is 5.91 Å². The molecule has 146 valence electrons. The number of carbonyl (C=O) groups excluding carboxylic acids is 1. The van der Waals surface area contributed by atoms with Crippen LogP contribution >= 0.6 is 0 Å². The van der Waals surface area contributed by atoms with E-state index in [0.29, 0.717) is 12.1 Å². The normalized spacial score (nSPS) is 12.8. The summed E-state index contributed by atoms with van der Waals surface area (Å²) in [6.07, 6.45) is 0. The minimum Gasteiger partial charge on any atom is -0.354 e. The molecule has 0 radical (unpaired) electrons. The van der Waals surface area contributed by atoms with E-state index in [1.807, 2.05) is 48.5 Å². The summed E-state index contributed by atoms with van der Waals surface area (Å²) in [5.74, 6) is 0.729. The van der Waals surface area contributed by atoms with E-state index in [1.165, 1.54) is 5.56 Å². The number of guanidine groups is 1. The molecule has 1 aliphatic heterocycles. The molecule has 0 saturated heterocycles. The van der Waals surface area contributed by atoms with Crippen molar-refractivity contribution in [1.82, 2.24) is 10.6 Å². The number of rotatable bonds is 5. The molecule has 3 aromatic rings. The highest BCUT2D eigenvalue weighted by molar-refractivity contribution is 5.95. The van der Waals surface area contributed by atoms with Crippen LogP contribution in [-0.2, 0) is 6.54 Å². The molecular weight excluding hydrogens is 360 g/mol. The van der Waals surface area contributed by atoms with Gasteiger partial charge in [0.1, 0.15) is 0 Å². The fourth-order valence-electron chi connectivity index (χ4n) is 3.17. The number of hydrogen-bond acceptors (Lipinski definition) is 4. The van der Waals surface area contributed by atoms with Crippen LogP contribution in [0.4, 0.5) is 5.69 Å². The zero-order valence-electron chi connectivity index (χ0n) is 16.4. The number of aryl methyl sites for hydroxylation is 1. The third-order valence-electron chi connectivity index (χ3n) is 4.88. The van der Waals surface area contributed by atoms with Gasteiger partial charge in [0.05, 0.1) is 6.54 Å². The molecule has 3 aromatic carbocycles. The number of amides is 1. The van der Waals surface area contributed by atoms with E-state index in [4.69, 9.17) is 0 Å². The Morgan fingerprint density at radius 1 is 0.931 bits per heavy atom. The molecule has 0 bridgehead atoms. The molecule has 0 spiro atoms. The highest BCUT2D eigenvalue weighted by Crippen LogP contribution is 2.20. The third-order valence-corrected chi connectivity index (χ3v) is 4.88. The van der Waals surface area contributed by atoms with Gasteiger partial charge in [-0.1, -0.05) is 54.1 Å². The highest BCUT2D eigenvalue weighted by Gasteiger charge is 2.07. The first kappa shape index (κ1) is 18.7. The van der Waals surface area contributed by atoms with Gasteiger partial charge in [-0.05, 0) is 47.9 Å². The molecular formula is C24H24N4O. The highest BCUT2D eigenvalue weighted by atomic mass is 16.1. The lowest BCUT2D eigenvalue weighted by Crippen LogP contribution is -2.26. The molecule has 1 aliphatic rings. The van der Waals surface area contributed by atoms with Crippen LogP contribution in [0.1, 0.15) is 21.5 Å². The Bertz CT molecular complexity index is 1010. The smallest absolute Gasteiger partial charge is 0.251 e. The number of benzene rings is 3. The van der Waals surface area contributed by atoms with E-state index >= 15 is 0 Å². The Morgan fingerprint density at radius 3 is 2.21 bits per heavy atom. The third kappa shape index (κ3) is 4.82. The van der Waals surface area contributed by atoms with Gasteiger partial charge in [0.15, 0.2) is 5.96 Å². The number of nitrogens with zero attached hydrogens (tertiary/aromatic N) is 1. The van der Waals surface area contributed by atoms with Crippen LogP contribution in [-0.4, -0.2) is 25.0 Å². The molecule has 0 aromatic heterocycles. The molecule has 3 N–H and O–H groups in total. The molecule has 0 aliphatic carbocycles. The first-order valence-corrected chi connectivity index (χ1v) is 9.77. The second kappa shape index (κ2) is 8.61. The first-order chi connectivity index (χ1) is 14.2. The van der Waals surface area contributed by atoms with E-state index in [2.05, 4.69) is 52.1 Å². The maximum Gasteiger partial charge on any atom is 0.251 e. The molecule has 1 heterocycles. The summed E-state index contributed by atoms with van der Waals surface area (Å²) in [5.41, 5.74) is 6.16. The monoisotopic (exact) mass is 384 g/mol. The number of anilines is 1. The van der Waals surface area contributed by atoms with E-state index in [0.717, 1.165) is 41.4 Å². The Kier molecular flexibility index (Phi) is 5.56. The summed E-state index contributed by atoms with van der Waals surface area (Å²) < 4.78 is 0. The maximum atomic E-state index is 12.5. The van der Waals surface area contributed by atoms with Crippen LogP contribution in [0.3, 0.4) is 0 Å². The first-order valence-electron chi connectivity index (χ1n) is 9.77. The van der Waals surface area contributed by atoms with Crippen molar-refractivity contribution in [3.05, 3.63) is 89.5 Å². The molecule has 0 unspecified atom stereocenters. The molecule has 0 atom stereocenters. The standard InChI is InChI=1S/C24H24N4O/c1-17-2-6-19(7-3-17)20-8-10-21(11-9-20)23(29)27-16-18-4-12-22(13-5-18)28-24-25-14-15-26-24/h2-13H,14-16H2,1H3,(H,27,29)(H2,25,26,28). The van der Waals surface area contributed by atoms with Crippen LogP contribution in [0, 0.1) is 6.92 Å². The topological polar surface area (TPSA) is 65.5 Å². The van der Waals surface area contributed by atoms with Crippen LogP contribution < -0.4 is 16.0 Å². The van der Waals surface area contributed by atoms with Gasteiger partial charge >= 0.3 is 0 Å². The van der Waals surface area contributed by atoms with Crippen molar-refractivity contribution in [2.75, 3.05) is 18.4 Å². The molecule has 5 heteroatoms. The average Bonchev–Trinajstić information content (AvgIpc) is 3.27. The van der Waals surface area contributed by atoms with E-state index in [-0.39, 0.29) is 5.91 Å². The Labute approximate surface area is 170 Å². The molecule has 1 amide bonds. The van der Waals surface area contributed by atoms with Crippen LogP contribution in [0.5, 0.6) is 0 Å². The summed E-state index contributed by atoms with van der Waals surface area (Å²) in [6.45, 7) is 4.23. The van der Waals surface area contributed by atoms with Crippen molar-refractivity contribution in [3.63, 3.8) is 0 Å². The quantitative estimate of drug-likeness (QED) is 0.624. The second-order valence-electron chi connectivity index (χ2n) is 7.11. The van der Waals surface area contributed by atoms with E-state index in [1.54, 1.807) is 0 Å². The van der Waals surface area contributed by atoms with E-state index < -0.39 is 0 Å². The van der Waals surface area contributed by atoms with Gasteiger partial charge < -0.3 is 16.0 Å². The Hall–Kier alpha value is -3.60. The van der Waals surface area contributed by atoms with Crippen LogP contribution in [0.15, 0.2) is 77.8 Å².